The van der Waals surface area contributed by atoms with Crippen LogP contribution in [0.2, 0.25) is 0 Å². The van der Waals surface area contributed by atoms with Gasteiger partial charge in [0, 0.05) is 25.0 Å². The molecule has 0 saturated carbocycles. The number of hydrogen-bond donors (Lipinski definition) is 1. The number of primary amides is 1. The molecule has 0 heterocycles. The van der Waals surface area contributed by atoms with E-state index < -0.39 is 23.8 Å². The smallest absolute Gasteiger partial charge is 0.302 e. The largest absolute Gasteiger partial charge is 0.464 e. The van der Waals surface area contributed by atoms with Crippen LogP contribution in [-0.2, 0) is 19.1 Å². The monoisotopic (exact) mass is 336 g/mol. The number of nitrogens with two attached hydrogens (primary N) is 1. The maximum Gasteiger partial charge on any atom is 0.302 e. The molecule has 2 N–H and O–H groups in total. The maximum atomic E-state index is 12.6. The molecule has 0 aliphatic heterocycles. The third-order valence-electron chi connectivity index (χ3n) is 3.01. The second-order valence-corrected chi connectivity index (χ2v) is 4.92. The highest BCUT2D eigenvalue weighted by molar-refractivity contribution is 5.99. The van der Waals surface area contributed by atoms with Gasteiger partial charge in [0.1, 0.15) is 13.2 Å². The minimum atomic E-state index is -0.643. The van der Waals surface area contributed by atoms with Crippen LogP contribution in [-0.4, -0.2) is 55.0 Å². The molecule has 1 rings (SSSR count). The second kappa shape index (κ2) is 9.29. The van der Waals surface area contributed by atoms with Crippen molar-refractivity contribution in [2.24, 2.45) is 5.73 Å². The molecule has 0 aliphatic carbocycles. The van der Waals surface area contributed by atoms with Gasteiger partial charge in [0.2, 0.25) is 5.91 Å². The molecule has 0 saturated heterocycles. The van der Waals surface area contributed by atoms with Crippen LogP contribution in [0.5, 0.6) is 0 Å². The summed E-state index contributed by atoms with van der Waals surface area (Å²) >= 11 is 0. The zero-order valence-electron chi connectivity index (χ0n) is 13.6. The second-order valence-electron chi connectivity index (χ2n) is 4.92. The zero-order valence-corrected chi connectivity index (χ0v) is 13.6. The molecule has 0 spiro atoms. The normalized spacial score (nSPS) is 9.92. The van der Waals surface area contributed by atoms with Gasteiger partial charge in [0.25, 0.3) is 5.91 Å². The van der Waals surface area contributed by atoms with E-state index in [1.807, 2.05) is 0 Å². The van der Waals surface area contributed by atoms with Gasteiger partial charge in [0.05, 0.1) is 13.1 Å². The van der Waals surface area contributed by atoms with Crippen LogP contribution in [0.25, 0.3) is 0 Å². The first kappa shape index (κ1) is 19.1. The summed E-state index contributed by atoms with van der Waals surface area (Å²) in [6, 6.07) is 5.97. The number of benzene rings is 1. The van der Waals surface area contributed by atoms with Crippen LogP contribution in [0.1, 0.15) is 34.6 Å². The van der Waals surface area contributed by atoms with Crippen molar-refractivity contribution in [3.8, 4) is 0 Å². The van der Waals surface area contributed by atoms with E-state index in [0.29, 0.717) is 0 Å². The first-order chi connectivity index (χ1) is 11.3. The molecule has 8 nitrogen and oxygen atoms in total. The molecule has 0 unspecified atom stereocenters. The Morgan fingerprint density at radius 1 is 0.958 bits per heavy atom. The fourth-order valence-electron chi connectivity index (χ4n) is 1.90. The lowest BCUT2D eigenvalue weighted by Crippen LogP contribution is -2.37. The van der Waals surface area contributed by atoms with Crippen molar-refractivity contribution in [2.45, 2.75) is 13.8 Å². The van der Waals surface area contributed by atoms with E-state index in [4.69, 9.17) is 15.2 Å². The molecule has 0 aliphatic rings. The van der Waals surface area contributed by atoms with Crippen LogP contribution >= 0.6 is 0 Å². The van der Waals surface area contributed by atoms with Gasteiger partial charge in [-0.2, -0.15) is 0 Å². The number of amides is 2. The van der Waals surface area contributed by atoms with Gasteiger partial charge in [-0.1, -0.05) is 6.07 Å². The lowest BCUT2D eigenvalue weighted by atomic mass is 10.1. The number of carbonyl (C=O) groups is 4. The van der Waals surface area contributed by atoms with Crippen LogP contribution in [0.4, 0.5) is 0 Å². The average Bonchev–Trinajstić information content (AvgIpc) is 2.52. The molecule has 0 atom stereocenters. The molecule has 24 heavy (non-hydrogen) atoms. The Bertz CT molecular complexity index is 609. The topological polar surface area (TPSA) is 116 Å². The van der Waals surface area contributed by atoms with E-state index in [0.717, 1.165) is 0 Å². The number of nitrogens with zero attached hydrogens (tertiary/aromatic N) is 1. The molecule has 2 amide bonds. The average molecular weight is 336 g/mol. The lowest BCUT2D eigenvalue weighted by Gasteiger charge is -2.22. The van der Waals surface area contributed by atoms with Crippen molar-refractivity contribution in [1.29, 1.82) is 0 Å². The summed E-state index contributed by atoms with van der Waals surface area (Å²) in [5, 5.41) is 0. The number of rotatable bonds is 8. The van der Waals surface area contributed by atoms with Crippen LogP contribution in [0, 0.1) is 0 Å². The molecule has 1 aromatic carbocycles. The molecular weight excluding hydrogens is 316 g/mol. The van der Waals surface area contributed by atoms with E-state index in [-0.39, 0.29) is 37.4 Å². The minimum Gasteiger partial charge on any atom is -0.464 e. The van der Waals surface area contributed by atoms with Crippen molar-refractivity contribution in [1.82, 2.24) is 4.90 Å². The van der Waals surface area contributed by atoms with Gasteiger partial charge < -0.3 is 20.1 Å². The highest BCUT2D eigenvalue weighted by Gasteiger charge is 2.17. The summed E-state index contributed by atoms with van der Waals surface area (Å²) in [5.41, 5.74) is 5.68. The summed E-state index contributed by atoms with van der Waals surface area (Å²) in [6.45, 7) is 2.80. The van der Waals surface area contributed by atoms with Gasteiger partial charge in [0.15, 0.2) is 0 Å². The molecule has 0 bridgehead atoms. The number of ether oxygens (including phenoxy) is 2. The molecule has 130 valence electrons. The van der Waals surface area contributed by atoms with Crippen LogP contribution in [0.15, 0.2) is 24.3 Å². The molecule has 0 aromatic heterocycles. The summed E-state index contributed by atoms with van der Waals surface area (Å²) in [7, 11) is 0. The van der Waals surface area contributed by atoms with Crippen LogP contribution in [0.3, 0.4) is 0 Å². The Morgan fingerprint density at radius 2 is 1.46 bits per heavy atom. The third kappa shape index (κ3) is 6.47. The Hall–Kier alpha value is -2.90. The fraction of sp³-hybridized carbons (Fsp3) is 0.375. The Balaban J connectivity index is 2.83. The maximum absolute atomic E-state index is 12.6. The van der Waals surface area contributed by atoms with E-state index in [1.165, 1.54) is 30.9 Å². The third-order valence-corrected chi connectivity index (χ3v) is 3.01. The van der Waals surface area contributed by atoms with Crippen molar-refractivity contribution in [3.63, 3.8) is 0 Å². The molecule has 1 aromatic rings. The standard InChI is InChI=1S/C16H20N2O6/c1-11(19)23-8-6-18(7-9-24-12(2)20)16(22)14-5-3-4-13(10-14)15(17)21/h3-5,10H,6-9H2,1-2H3,(H2,17,21). The van der Waals surface area contributed by atoms with Gasteiger partial charge in [-0.25, -0.2) is 0 Å². The summed E-state index contributed by atoms with van der Waals surface area (Å²) < 4.78 is 9.67. The highest BCUT2D eigenvalue weighted by Crippen LogP contribution is 2.09. The number of hydrogen-bond acceptors (Lipinski definition) is 6. The molecular formula is C16H20N2O6. The fourth-order valence-corrected chi connectivity index (χ4v) is 1.90. The predicted molar refractivity (Wildman–Crippen MR) is 84.1 cm³/mol. The van der Waals surface area contributed by atoms with Crippen molar-refractivity contribution >= 4 is 23.8 Å². The Morgan fingerprint density at radius 3 is 1.92 bits per heavy atom. The number of esters is 2. The number of carbonyl (C=O) groups excluding carboxylic acids is 4. The summed E-state index contributed by atoms with van der Waals surface area (Å²) in [6.07, 6.45) is 0. The zero-order chi connectivity index (χ0) is 18.1. The van der Waals surface area contributed by atoms with Crippen molar-refractivity contribution in [3.05, 3.63) is 35.4 Å². The molecule has 8 heteroatoms. The first-order valence-corrected chi connectivity index (χ1v) is 7.27. The molecule has 0 fully saturated rings. The van der Waals surface area contributed by atoms with Gasteiger partial charge in [-0.05, 0) is 18.2 Å². The van der Waals surface area contributed by atoms with E-state index >= 15 is 0 Å². The molecule has 0 radical (unpaired) electrons. The summed E-state index contributed by atoms with van der Waals surface area (Å²) in [5.74, 6) is -1.95. The van der Waals surface area contributed by atoms with E-state index in [1.54, 1.807) is 12.1 Å². The minimum absolute atomic E-state index is 0.0106. The highest BCUT2D eigenvalue weighted by atomic mass is 16.5. The van der Waals surface area contributed by atoms with E-state index in [9.17, 15) is 19.2 Å². The predicted octanol–water partition coefficient (Wildman–Crippen LogP) is 0.354. The lowest BCUT2D eigenvalue weighted by molar-refractivity contribution is -0.141. The Labute approximate surface area is 139 Å². The van der Waals surface area contributed by atoms with Gasteiger partial charge in [-0.15, -0.1) is 0 Å². The SMILES string of the molecule is CC(=O)OCCN(CCOC(C)=O)C(=O)c1cccc(C(N)=O)c1. The van der Waals surface area contributed by atoms with Gasteiger partial charge in [-0.3, -0.25) is 19.2 Å². The van der Waals surface area contributed by atoms with E-state index in [2.05, 4.69) is 0 Å². The van der Waals surface area contributed by atoms with Crippen molar-refractivity contribution < 1.29 is 28.7 Å². The summed E-state index contributed by atoms with van der Waals surface area (Å²) in [4.78, 5) is 46.8. The van der Waals surface area contributed by atoms with Gasteiger partial charge >= 0.3 is 11.9 Å². The quantitative estimate of drug-likeness (QED) is 0.685. The Kier molecular flexibility index (Phi) is 7.41. The first-order valence-electron chi connectivity index (χ1n) is 7.27. The van der Waals surface area contributed by atoms with Crippen LogP contribution < -0.4 is 5.73 Å². The van der Waals surface area contributed by atoms with Crippen molar-refractivity contribution in [2.75, 3.05) is 26.3 Å².